The van der Waals surface area contributed by atoms with E-state index in [-0.39, 0.29) is 23.5 Å². The lowest BCUT2D eigenvalue weighted by Crippen LogP contribution is -2.35. The number of ether oxygens (including phenoxy) is 1. The van der Waals surface area contributed by atoms with Gasteiger partial charge in [-0.25, -0.2) is 12.7 Å². The molecule has 0 saturated heterocycles. The van der Waals surface area contributed by atoms with Crippen LogP contribution in [0.1, 0.15) is 20.3 Å². The van der Waals surface area contributed by atoms with E-state index in [1.165, 1.54) is 38.4 Å². The van der Waals surface area contributed by atoms with E-state index in [0.29, 0.717) is 5.75 Å². The van der Waals surface area contributed by atoms with Gasteiger partial charge in [0.05, 0.1) is 4.90 Å². The van der Waals surface area contributed by atoms with Crippen molar-refractivity contribution in [1.82, 2.24) is 9.62 Å². The number of nitrogens with one attached hydrogen (secondary N) is 1. The van der Waals surface area contributed by atoms with E-state index in [0.717, 1.165) is 10.7 Å². The number of hydrogen-bond acceptors (Lipinski definition) is 4. The molecule has 0 radical (unpaired) electrons. The average molecular weight is 314 g/mol. The minimum absolute atomic E-state index is 0.0931. The monoisotopic (exact) mass is 314 g/mol. The van der Waals surface area contributed by atoms with Gasteiger partial charge in [0, 0.05) is 20.1 Å². The maximum absolute atomic E-state index is 11.9. The first kappa shape index (κ1) is 17.5. The quantitative estimate of drug-likeness (QED) is 0.821. The second kappa shape index (κ2) is 7.42. The van der Waals surface area contributed by atoms with Crippen molar-refractivity contribution in [3.63, 3.8) is 0 Å². The van der Waals surface area contributed by atoms with Crippen LogP contribution < -0.4 is 10.1 Å². The molecular formula is C14H22N2O4S. The average Bonchev–Trinajstić information content (AvgIpc) is 2.45. The second-order valence-corrected chi connectivity index (χ2v) is 7.08. The van der Waals surface area contributed by atoms with Gasteiger partial charge in [-0.05, 0) is 37.6 Å². The molecule has 0 aromatic heterocycles. The lowest BCUT2D eigenvalue weighted by molar-refractivity contribution is -0.123. The van der Waals surface area contributed by atoms with E-state index in [4.69, 9.17) is 4.74 Å². The van der Waals surface area contributed by atoms with Crippen LogP contribution in [0.4, 0.5) is 0 Å². The Labute approximate surface area is 126 Å². The molecule has 1 aromatic rings. The van der Waals surface area contributed by atoms with Gasteiger partial charge in [-0.15, -0.1) is 0 Å². The maximum atomic E-state index is 11.9. The molecule has 0 fully saturated rings. The van der Waals surface area contributed by atoms with Gasteiger partial charge in [0.2, 0.25) is 10.0 Å². The van der Waals surface area contributed by atoms with Gasteiger partial charge >= 0.3 is 0 Å². The van der Waals surface area contributed by atoms with Crippen molar-refractivity contribution in [2.24, 2.45) is 0 Å². The fraction of sp³-hybridized carbons (Fsp3) is 0.500. The predicted molar refractivity (Wildman–Crippen MR) is 80.7 cm³/mol. The van der Waals surface area contributed by atoms with E-state index >= 15 is 0 Å². The van der Waals surface area contributed by atoms with E-state index in [1.807, 2.05) is 13.8 Å². The third kappa shape index (κ3) is 5.02. The Morgan fingerprint density at radius 2 is 1.86 bits per heavy atom. The Kier molecular flexibility index (Phi) is 6.17. The molecule has 0 saturated carbocycles. The number of carbonyl (C=O) groups is 1. The Bertz CT molecular complexity index is 567. The lowest BCUT2D eigenvalue weighted by Gasteiger charge is -2.13. The summed E-state index contributed by atoms with van der Waals surface area (Å²) in [6.07, 6.45) is 0.850. The van der Waals surface area contributed by atoms with Crippen molar-refractivity contribution >= 4 is 15.9 Å². The Morgan fingerprint density at radius 3 is 2.33 bits per heavy atom. The molecule has 1 aromatic carbocycles. The minimum atomic E-state index is -3.45. The van der Waals surface area contributed by atoms with E-state index < -0.39 is 10.0 Å². The zero-order valence-corrected chi connectivity index (χ0v) is 13.6. The van der Waals surface area contributed by atoms with Crippen molar-refractivity contribution in [3.05, 3.63) is 24.3 Å². The van der Waals surface area contributed by atoms with Crippen LogP contribution in [0.15, 0.2) is 29.2 Å². The van der Waals surface area contributed by atoms with Crippen molar-refractivity contribution < 1.29 is 17.9 Å². The maximum Gasteiger partial charge on any atom is 0.258 e. The summed E-state index contributed by atoms with van der Waals surface area (Å²) < 4.78 is 30.2. The van der Waals surface area contributed by atoms with Crippen molar-refractivity contribution in [3.8, 4) is 5.75 Å². The molecule has 6 nitrogen and oxygen atoms in total. The Morgan fingerprint density at radius 1 is 1.29 bits per heavy atom. The van der Waals surface area contributed by atoms with Gasteiger partial charge < -0.3 is 10.1 Å². The van der Waals surface area contributed by atoms with Crippen LogP contribution in [0.3, 0.4) is 0 Å². The molecule has 1 rings (SSSR count). The number of nitrogens with zero attached hydrogens (tertiary/aromatic N) is 1. The molecule has 0 aliphatic carbocycles. The molecule has 1 atom stereocenters. The number of hydrogen-bond donors (Lipinski definition) is 1. The Hall–Kier alpha value is -1.60. The number of carbonyl (C=O) groups excluding carboxylic acids is 1. The van der Waals surface area contributed by atoms with Crippen LogP contribution in [-0.4, -0.2) is 45.4 Å². The topological polar surface area (TPSA) is 75.7 Å². The SMILES string of the molecule is CC[C@H](C)NC(=O)COc1ccc(S(=O)(=O)N(C)C)cc1. The molecule has 0 spiro atoms. The molecule has 118 valence electrons. The normalized spacial score (nSPS) is 13.0. The highest BCUT2D eigenvalue weighted by atomic mass is 32.2. The third-order valence-corrected chi connectivity index (χ3v) is 4.82. The summed E-state index contributed by atoms with van der Waals surface area (Å²) in [5.74, 6) is 0.251. The van der Waals surface area contributed by atoms with Gasteiger partial charge in [-0.3, -0.25) is 4.79 Å². The van der Waals surface area contributed by atoms with Crippen molar-refractivity contribution in [1.29, 1.82) is 0 Å². The molecule has 21 heavy (non-hydrogen) atoms. The Balaban J connectivity index is 2.62. The number of benzene rings is 1. The molecule has 0 unspecified atom stereocenters. The fourth-order valence-electron chi connectivity index (χ4n) is 1.49. The molecule has 7 heteroatoms. The predicted octanol–water partition coefficient (Wildman–Crippen LogP) is 1.23. The summed E-state index contributed by atoms with van der Waals surface area (Å²) in [7, 11) is -0.503. The molecule has 0 bridgehead atoms. The highest BCUT2D eigenvalue weighted by Crippen LogP contribution is 2.17. The summed E-state index contributed by atoms with van der Waals surface area (Å²) in [5.41, 5.74) is 0. The zero-order chi connectivity index (χ0) is 16.0. The van der Waals surface area contributed by atoms with Crippen LogP contribution in [-0.2, 0) is 14.8 Å². The largest absolute Gasteiger partial charge is 0.484 e. The number of sulfonamides is 1. The summed E-state index contributed by atoms with van der Waals surface area (Å²) in [4.78, 5) is 11.7. The van der Waals surface area contributed by atoms with Gasteiger partial charge in [0.1, 0.15) is 5.75 Å². The number of amides is 1. The molecule has 1 amide bonds. The van der Waals surface area contributed by atoms with Crippen LogP contribution in [0.25, 0.3) is 0 Å². The second-order valence-electron chi connectivity index (χ2n) is 4.92. The molecule has 0 aliphatic heterocycles. The minimum Gasteiger partial charge on any atom is -0.484 e. The fourth-order valence-corrected chi connectivity index (χ4v) is 2.39. The van der Waals surface area contributed by atoms with Crippen molar-refractivity contribution in [2.45, 2.75) is 31.2 Å². The molecular weight excluding hydrogens is 292 g/mol. The van der Waals surface area contributed by atoms with Gasteiger partial charge in [-0.2, -0.15) is 0 Å². The van der Waals surface area contributed by atoms with Crippen LogP contribution >= 0.6 is 0 Å². The first-order chi connectivity index (χ1) is 9.77. The van der Waals surface area contributed by atoms with Gasteiger partial charge in [0.15, 0.2) is 6.61 Å². The van der Waals surface area contributed by atoms with Crippen LogP contribution in [0, 0.1) is 0 Å². The lowest BCUT2D eigenvalue weighted by atomic mass is 10.2. The molecule has 0 aliphatic rings. The summed E-state index contributed by atoms with van der Waals surface area (Å²) in [5, 5.41) is 2.78. The first-order valence-corrected chi connectivity index (χ1v) is 8.16. The highest BCUT2D eigenvalue weighted by Gasteiger charge is 2.16. The third-order valence-electron chi connectivity index (χ3n) is 2.99. The van der Waals surface area contributed by atoms with E-state index in [1.54, 1.807) is 0 Å². The van der Waals surface area contributed by atoms with Crippen LogP contribution in [0.5, 0.6) is 5.75 Å². The zero-order valence-electron chi connectivity index (χ0n) is 12.8. The van der Waals surface area contributed by atoms with Crippen LogP contribution in [0.2, 0.25) is 0 Å². The van der Waals surface area contributed by atoms with Gasteiger partial charge in [-0.1, -0.05) is 6.92 Å². The van der Waals surface area contributed by atoms with E-state index in [9.17, 15) is 13.2 Å². The first-order valence-electron chi connectivity index (χ1n) is 6.72. The summed E-state index contributed by atoms with van der Waals surface area (Å²) in [6, 6.07) is 6.09. The van der Waals surface area contributed by atoms with Gasteiger partial charge in [0.25, 0.3) is 5.91 Å². The molecule has 0 heterocycles. The highest BCUT2D eigenvalue weighted by molar-refractivity contribution is 7.89. The number of rotatable bonds is 7. The van der Waals surface area contributed by atoms with Crippen molar-refractivity contribution in [2.75, 3.05) is 20.7 Å². The summed E-state index contributed by atoms with van der Waals surface area (Å²) >= 11 is 0. The standard InChI is InChI=1S/C14H22N2O4S/c1-5-11(2)15-14(17)10-20-12-6-8-13(9-7-12)21(18,19)16(3)4/h6-9,11H,5,10H2,1-4H3,(H,15,17)/t11-/m0/s1. The van der Waals surface area contributed by atoms with E-state index in [2.05, 4.69) is 5.32 Å². The molecule has 1 N–H and O–H groups in total. The smallest absolute Gasteiger partial charge is 0.258 e. The summed E-state index contributed by atoms with van der Waals surface area (Å²) in [6.45, 7) is 3.80.